The van der Waals surface area contributed by atoms with Gasteiger partial charge in [-0.1, -0.05) is 0 Å². The minimum absolute atomic E-state index is 0. The van der Waals surface area contributed by atoms with Crippen molar-refractivity contribution in [1.82, 2.24) is 9.80 Å². The molecule has 0 aromatic heterocycles. The van der Waals surface area contributed by atoms with Gasteiger partial charge in [-0.15, -0.1) is 0 Å². The Bertz CT molecular complexity index is 329. The summed E-state index contributed by atoms with van der Waals surface area (Å²) in [5.41, 5.74) is 0. The molecule has 0 aliphatic rings. The zero-order valence-electron chi connectivity index (χ0n) is 13.5. The molecule has 0 radical (unpaired) electrons. The van der Waals surface area contributed by atoms with Crippen LogP contribution in [-0.4, -0.2) is 110 Å². The first kappa shape index (κ1) is 39.1. The SMILES string of the molecule is O.O.O.O=C(O)CN(CCN(CC(=O)O)CC(=O)O)CC(=O)O.[Zn].[Zn]. The van der Waals surface area contributed by atoms with Crippen LogP contribution in [0.2, 0.25) is 0 Å². The molecule has 13 nitrogen and oxygen atoms in total. The van der Waals surface area contributed by atoms with Crippen LogP contribution in [0, 0.1) is 0 Å². The van der Waals surface area contributed by atoms with Crippen LogP contribution in [0.1, 0.15) is 0 Å². The number of carboxylic acids is 4. The number of nitrogens with zero attached hydrogens (tertiary/aromatic N) is 2. The van der Waals surface area contributed by atoms with E-state index < -0.39 is 50.1 Å². The summed E-state index contributed by atoms with van der Waals surface area (Å²) in [6.45, 7) is -2.25. The molecule has 0 saturated carbocycles. The van der Waals surface area contributed by atoms with Gasteiger partial charge in [-0.05, 0) is 0 Å². The zero-order valence-corrected chi connectivity index (χ0v) is 19.4. The minimum atomic E-state index is -1.23. The van der Waals surface area contributed by atoms with E-state index in [4.69, 9.17) is 20.4 Å². The van der Waals surface area contributed by atoms with Gasteiger partial charge in [0.15, 0.2) is 0 Å². The van der Waals surface area contributed by atoms with E-state index in [0.29, 0.717) is 0 Å². The second-order valence-corrected chi connectivity index (χ2v) is 4.00. The fraction of sp³-hybridized carbons (Fsp3) is 0.600. The van der Waals surface area contributed by atoms with Gasteiger partial charge >= 0.3 is 23.9 Å². The Hall–Kier alpha value is -1.07. The Labute approximate surface area is 168 Å². The first-order valence-corrected chi connectivity index (χ1v) is 5.52. The molecule has 0 aromatic carbocycles. The molecule has 0 heterocycles. The molecular weight excluding hydrogens is 455 g/mol. The van der Waals surface area contributed by atoms with E-state index in [2.05, 4.69) is 0 Å². The molecule has 0 rings (SSSR count). The van der Waals surface area contributed by atoms with Crippen LogP contribution in [0.4, 0.5) is 0 Å². The van der Waals surface area contributed by atoms with Gasteiger partial charge in [-0.3, -0.25) is 29.0 Å². The Morgan fingerprint density at radius 1 is 0.520 bits per heavy atom. The van der Waals surface area contributed by atoms with Gasteiger partial charge in [-0.2, -0.15) is 0 Å². The summed E-state index contributed by atoms with van der Waals surface area (Å²) < 4.78 is 0. The average molecular weight is 477 g/mol. The van der Waals surface area contributed by atoms with Gasteiger partial charge in [0.25, 0.3) is 0 Å². The van der Waals surface area contributed by atoms with E-state index in [1.54, 1.807) is 0 Å². The van der Waals surface area contributed by atoms with Crippen LogP contribution in [0.3, 0.4) is 0 Å². The second-order valence-electron chi connectivity index (χ2n) is 4.00. The van der Waals surface area contributed by atoms with Crippen LogP contribution in [0.15, 0.2) is 0 Å². The molecule has 0 saturated heterocycles. The molecule has 0 aliphatic carbocycles. The second kappa shape index (κ2) is 21.0. The minimum Gasteiger partial charge on any atom is -0.480 e. The zero-order chi connectivity index (χ0) is 15.7. The Morgan fingerprint density at radius 3 is 0.800 bits per heavy atom. The van der Waals surface area contributed by atoms with Crippen LogP contribution < -0.4 is 0 Å². The first-order chi connectivity index (χ1) is 9.20. The largest absolute Gasteiger partial charge is 0.480 e. The van der Waals surface area contributed by atoms with E-state index in [0.717, 1.165) is 9.80 Å². The predicted octanol–water partition coefficient (Wildman–Crippen LogP) is -4.55. The normalized spacial score (nSPS) is 8.56. The van der Waals surface area contributed by atoms with E-state index in [1.807, 2.05) is 0 Å². The van der Waals surface area contributed by atoms with Gasteiger partial charge in [0.05, 0.1) is 26.2 Å². The van der Waals surface area contributed by atoms with Crippen LogP contribution in [-0.2, 0) is 58.1 Å². The first-order valence-electron chi connectivity index (χ1n) is 5.52. The van der Waals surface area contributed by atoms with Gasteiger partial charge in [-0.25, -0.2) is 0 Å². The third-order valence-corrected chi connectivity index (χ3v) is 2.17. The summed E-state index contributed by atoms with van der Waals surface area (Å²) in [5.74, 6) is -4.91. The summed E-state index contributed by atoms with van der Waals surface area (Å²) in [6.07, 6.45) is 0. The van der Waals surface area contributed by atoms with Crippen molar-refractivity contribution in [1.29, 1.82) is 0 Å². The van der Waals surface area contributed by atoms with Crippen LogP contribution in [0.5, 0.6) is 0 Å². The summed E-state index contributed by atoms with van der Waals surface area (Å²) in [7, 11) is 0. The van der Waals surface area contributed by atoms with Crippen molar-refractivity contribution in [2.45, 2.75) is 0 Å². The molecule has 142 valence electrons. The molecule has 0 atom stereocenters. The Morgan fingerprint density at radius 2 is 0.680 bits per heavy atom. The summed E-state index contributed by atoms with van der Waals surface area (Å²) in [6, 6.07) is 0. The van der Waals surface area contributed by atoms with E-state index in [-0.39, 0.29) is 68.5 Å². The van der Waals surface area contributed by atoms with E-state index >= 15 is 0 Å². The number of hydrogen-bond donors (Lipinski definition) is 4. The summed E-state index contributed by atoms with van der Waals surface area (Å²) in [5, 5.41) is 34.5. The van der Waals surface area contributed by atoms with Crippen molar-refractivity contribution in [2.75, 3.05) is 39.3 Å². The molecule has 0 unspecified atom stereocenters. The fourth-order valence-electron chi connectivity index (χ4n) is 1.48. The van der Waals surface area contributed by atoms with Gasteiger partial charge in [0.2, 0.25) is 0 Å². The predicted molar refractivity (Wildman–Crippen MR) is 74.3 cm³/mol. The topological polar surface area (TPSA) is 250 Å². The third kappa shape index (κ3) is 25.3. The molecular formula is C10H22N2O11Zn2. The van der Waals surface area contributed by atoms with E-state index in [9.17, 15) is 19.2 Å². The van der Waals surface area contributed by atoms with E-state index in [1.165, 1.54) is 0 Å². The standard InChI is InChI=1S/C10H16N2O8.3H2O.2Zn/c13-7(14)3-11(4-8(15)16)1-2-12(5-9(17)18)6-10(19)20;;;;;/h1-6H2,(H,13,14)(H,15,16)(H,17,18)(H,19,20);3*1H2;;. The quantitative estimate of drug-likeness (QED) is 0.207. The molecule has 0 fully saturated rings. The molecule has 0 spiro atoms. The third-order valence-electron chi connectivity index (χ3n) is 2.17. The summed E-state index contributed by atoms with van der Waals surface area (Å²) >= 11 is 0. The molecule has 0 amide bonds. The molecule has 10 N–H and O–H groups in total. The molecule has 15 heteroatoms. The van der Waals surface area contributed by atoms with Crippen LogP contribution in [0.25, 0.3) is 0 Å². The maximum absolute atomic E-state index is 10.6. The number of hydrogen-bond acceptors (Lipinski definition) is 6. The Balaban J connectivity index is -0.000000180. The van der Waals surface area contributed by atoms with Gasteiger partial charge < -0.3 is 36.9 Å². The number of carbonyl (C=O) groups is 4. The maximum atomic E-state index is 10.6. The monoisotopic (exact) mass is 474 g/mol. The van der Waals surface area contributed by atoms with Crippen molar-refractivity contribution >= 4 is 23.9 Å². The van der Waals surface area contributed by atoms with Gasteiger partial charge in [0, 0.05) is 52.0 Å². The molecule has 0 aromatic rings. The van der Waals surface area contributed by atoms with Crippen molar-refractivity contribution in [3.63, 3.8) is 0 Å². The molecule has 0 bridgehead atoms. The number of rotatable bonds is 11. The number of aliphatic carboxylic acids is 4. The van der Waals surface area contributed by atoms with Crippen molar-refractivity contribution < 1.29 is 95.0 Å². The van der Waals surface area contributed by atoms with Crippen LogP contribution >= 0.6 is 0 Å². The fourth-order valence-corrected chi connectivity index (χ4v) is 1.48. The molecule has 0 aliphatic heterocycles. The number of carboxylic acid groups (broad SMARTS) is 4. The Kier molecular flexibility index (Phi) is 32.8. The van der Waals surface area contributed by atoms with Crippen molar-refractivity contribution in [3.8, 4) is 0 Å². The molecule has 25 heavy (non-hydrogen) atoms. The maximum Gasteiger partial charge on any atom is 0.317 e. The van der Waals surface area contributed by atoms with Crippen molar-refractivity contribution in [2.24, 2.45) is 0 Å². The summed E-state index contributed by atoms with van der Waals surface area (Å²) in [4.78, 5) is 44.4. The van der Waals surface area contributed by atoms with Gasteiger partial charge in [0.1, 0.15) is 0 Å². The van der Waals surface area contributed by atoms with Crippen molar-refractivity contribution in [3.05, 3.63) is 0 Å². The average Bonchev–Trinajstić information content (AvgIpc) is 2.22. The smallest absolute Gasteiger partial charge is 0.317 e.